The number of hydrogen-bond donors (Lipinski definition) is 1. The van der Waals surface area contributed by atoms with Crippen molar-refractivity contribution in [1.82, 2.24) is 0 Å². The highest BCUT2D eigenvalue weighted by atomic mass is 35.5. The summed E-state index contributed by atoms with van der Waals surface area (Å²) in [6, 6.07) is 17.6. The van der Waals surface area contributed by atoms with Crippen LogP contribution in [-0.2, 0) is 10.5 Å². The summed E-state index contributed by atoms with van der Waals surface area (Å²) in [5.41, 5.74) is 2.08. The van der Waals surface area contributed by atoms with E-state index < -0.39 is 0 Å². The summed E-state index contributed by atoms with van der Waals surface area (Å²) in [6.45, 7) is 0. The standard InChI is InChI=1S/C17H18ClNOS/c18-15-8-4-9-16(12-15)19-17(20)10-5-11-21-13-14-6-2-1-3-7-14/h1-4,6-9,12H,5,10-11,13H2,(H,19,20). The van der Waals surface area contributed by atoms with Gasteiger partial charge in [0, 0.05) is 22.9 Å². The molecule has 0 aliphatic carbocycles. The van der Waals surface area contributed by atoms with Crippen molar-refractivity contribution in [2.24, 2.45) is 0 Å². The molecule has 0 saturated carbocycles. The fourth-order valence-electron chi connectivity index (χ4n) is 1.89. The smallest absolute Gasteiger partial charge is 0.224 e. The Morgan fingerprint density at radius 1 is 1.10 bits per heavy atom. The van der Waals surface area contributed by atoms with Crippen molar-refractivity contribution in [2.75, 3.05) is 11.1 Å². The van der Waals surface area contributed by atoms with E-state index in [0.29, 0.717) is 11.4 Å². The van der Waals surface area contributed by atoms with Gasteiger partial charge in [-0.25, -0.2) is 0 Å². The number of thioether (sulfide) groups is 1. The molecule has 1 N–H and O–H groups in total. The number of halogens is 1. The number of carbonyl (C=O) groups is 1. The Labute approximate surface area is 134 Å². The quantitative estimate of drug-likeness (QED) is 0.728. The van der Waals surface area contributed by atoms with Gasteiger partial charge >= 0.3 is 0 Å². The molecule has 1 amide bonds. The van der Waals surface area contributed by atoms with Crippen LogP contribution in [0.5, 0.6) is 0 Å². The number of benzene rings is 2. The van der Waals surface area contributed by atoms with Gasteiger partial charge in [0.05, 0.1) is 0 Å². The maximum Gasteiger partial charge on any atom is 0.224 e. The molecule has 0 heterocycles. The van der Waals surface area contributed by atoms with Gasteiger partial charge < -0.3 is 5.32 Å². The minimum atomic E-state index is 0.0394. The van der Waals surface area contributed by atoms with Crippen LogP contribution in [0.25, 0.3) is 0 Å². The Balaban J connectivity index is 1.61. The lowest BCUT2D eigenvalue weighted by atomic mass is 10.2. The molecular weight excluding hydrogens is 302 g/mol. The van der Waals surface area contributed by atoms with E-state index in [1.807, 2.05) is 42.1 Å². The molecule has 0 bridgehead atoms. The summed E-state index contributed by atoms with van der Waals surface area (Å²) in [4.78, 5) is 11.8. The second kappa shape index (κ2) is 8.75. The van der Waals surface area contributed by atoms with E-state index >= 15 is 0 Å². The molecule has 0 radical (unpaired) electrons. The molecule has 0 aliphatic rings. The molecule has 21 heavy (non-hydrogen) atoms. The summed E-state index contributed by atoms with van der Waals surface area (Å²) in [5, 5.41) is 3.49. The molecule has 110 valence electrons. The lowest BCUT2D eigenvalue weighted by Gasteiger charge is -2.05. The Morgan fingerprint density at radius 2 is 1.90 bits per heavy atom. The largest absolute Gasteiger partial charge is 0.326 e. The lowest BCUT2D eigenvalue weighted by Crippen LogP contribution is -2.11. The van der Waals surface area contributed by atoms with Gasteiger partial charge in [0.15, 0.2) is 0 Å². The van der Waals surface area contributed by atoms with Crippen molar-refractivity contribution in [3.63, 3.8) is 0 Å². The normalized spacial score (nSPS) is 10.3. The Bertz CT molecular complexity index is 574. The van der Waals surface area contributed by atoms with E-state index in [0.717, 1.165) is 23.6 Å². The highest BCUT2D eigenvalue weighted by Crippen LogP contribution is 2.16. The molecule has 2 aromatic carbocycles. The molecule has 0 unspecified atom stereocenters. The van der Waals surface area contributed by atoms with Gasteiger partial charge in [-0.05, 0) is 35.9 Å². The molecule has 0 atom stereocenters. The van der Waals surface area contributed by atoms with Crippen molar-refractivity contribution in [1.29, 1.82) is 0 Å². The minimum Gasteiger partial charge on any atom is -0.326 e. The summed E-state index contributed by atoms with van der Waals surface area (Å²) in [5.74, 6) is 2.02. The zero-order valence-electron chi connectivity index (χ0n) is 11.7. The summed E-state index contributed by atoms with van der Waals surface area (Å²) < 4.78 is 0. The Kier molecular flexibility index (Phi) is 6.64. The summed E-state index contributed by atoms with van der Waals surface area (Å²) in [6.07, 6.45) is 1.41. The van der Waals surface area contributed by atoms with Gasteiger partial charge in [0.1, 0.15) is 0 Å². The fourth-order valence-corrected chi connectivity index (χ4v) is 3.00. The van der Waals surface area contributed by atoms with Crippen LogP contribution in [0, 0.1) is 0 Å². The molecule has 4 heteroatoms. The fraction of sp³-hybridized carbons (Fsp3) is 0.235. The number of rotatable bonds is 7. The van der Waals surface area contributed by atoms with Crippen molar-refractivity contribution in [2.45, 2.75) is 18.6 Å². The first-order valence-electron chi connectivity index (χ1n) is 6.91. The van der Waals surface area contributed by atoms with Crippen molar-refractivity contribution >= 4 is 35.0 Å². The Hall–Kier alpha value is -1.45. The van der Waals surface area contributed by atoms with Crippen LogP contribution < -0.4 is 5.32 Å². The zero-order chi connectivity index (χ0) is 14.9. The highest BCUT2D eigenvalue weighted by Gasteiger charge is 2.02. The number of amides is 1. The Morgan fingerprint density at radius 3 is 2.67 bits per heavy atom. The summed E-state index contributed by atoms with van der Waals surface area (Å²) in [7, 11) is 0. The topological polar surface area (TPSA) is 29.1 Å². The molecule has 2 rings (SSSR count). The molecule has 0 aliphatic heterocycles. The molecular formula is C17H18ClNOS. The molecule has 2 nitrogen and oxygen atoms in total. The predicted octanol–water partition coefficient (Wildman–Crippen LogP) is 4.99. The molecule has 0 spiro atoms. The first-order valence-corrected chi connectivity index (χ1v) is 8.44. The number of hydrogen-bond acceptors (Lipinski definition) is 2. The third-order valence-corrected chi connectivity index (χ3v) is 4.26. The first kappa shape index (κ1) is 15.9. The van der Waals surface area contributed by atoms with E-state index in [-0.39, 0.29) is 5.91 Å². The number of carbonyl (C=O) groups excluding carboxylic acids is 1. The minimum absolute atomic E-state index is 0.0394. The number of anilines is 1. The van der Waals surface area contributed by atoms with Crippen LogP contribution in [0.2, 0.25) is 5.02 Å². The van der Waals surface area contributed by atoms with E-state index in [9.17, 15) is 4.79 Å². The van der Waals surface area contributed by atoms with E-state index in [1.54, 1.807) is 12.1 Å². The molecule has 2 aromatic rings. The SMILES string of the molecule is O=C(CCCSCc1ccccc1)Nc1cccc(Cl)c1. The van der Waals surface area contributed by atoms with Gasteiger partial charge in [-0.2, -0.15) is 11.8 Å². The monoisotopic (exact) mass is 319 g/mol. The van der Waals surface area contributed by atoms with Crippen LogP contribution in [-0.4, -0.2) is 11.7 Å². The van der Waals surface area contributed by atoms with Gasteiger partial charge in [0.25, 0.3) is 0 Å². The zero-order valence-corrected chi connectivity index (χ0v) is 13.3. The second-order valence-corrected chi connectivity index (χ2v) is 6.24. The maximum absolute atomic E-state index is 11.8. The molecule has 0 saturated heterocycles. The van der Waals surface area contributed by atoms with Crippen molar-refractivity contribution in [3.05, 3.63) is 65.2 Å². The molecule has 0 aromatic heterocycles. The average molecular weight is 320 g/mol. The lowest BCUT2D eigenvalue weighted by molar-refractivity contribution is -0.116. The van der Waals surface area contributed by atoms with Gasteiger partial charge in [-0.1, -0.05) is 48.0 Å². The van der Waals surface area contributed by atoms with Crippen molar-refractivity contribution < 1.29 is 4.79 Å². The average Bonchev–Trinajstić information content (AvgIpc) is 2.48. The van der Waals surface area contributed by atoms with Crippen LogP contribution in [0.1, 0.15) is 18.4 Å². The number of nitrogens with one attached hydrogen (secondary N) is 1. The van der Waals surface area contributed by atoms with Gasteiger partial charge in [-0.15, -0.1) is 0 Å². The predicted molar refractivity (Wildman–Crippen MR) is 91.9 cm³/mol. The van der Waals surface area contributed by atoms with E-state index in [2.05, 4.69) is 17.4 Å². The third kappa shape index (κ3) is 6.23. The van der Waals surface area contributed by atoms with E-state index in [4.69, 9.17) is 11.6 Å². The highest BCUT2D eigenvalue weighted by molar-refractivity contribution is 7.98. The van der Waals surface area contributed by atoms with Crippen molar-refractivity contribution in [3.8, 4) is 0 Å². The van der Waals surface area contributed by atoms with Gasteiger partial charge in [0.2, 0.25) is 5.91 Å². The van der Waals surface area contributed by atoms with Gasteiger partial charge in [-0.3, -0.25) is 4.79 Å². The van der Waals surface area contributed by atoms with Crippen LogP contribution >= 0.6 is 23.4 Å². The first-order chi connectivity index (χ1) is 10.2. The summed E-state index contributed by atoms with van der Waals surface area (Å²) >= 11 is 7.73. The molecule has 0 fully saturated rings. The van der Waals surface area contributed by atoms with Crippen LogP contribution in [0.3, 0.4) is 0 Å². The second-order valence-electron chi connectivity index (χ2n) is 4.70. The third-order valence-electron chi connectivity index (χ3n) is 2.91. The van der Waals surface area contributed by atoms with Crippen LogP contribution in [0.15, 0.2) is 54.6 Å². The van der Waals surface area contributed by atoms with E-state index in [1.165, 1.54) is 5.56 Å². The maximum atomic E-state index is 11.8. The van der Waals surface area contributed by atoms with Crippen LogP contribution in [0.4, 0.5) is 5.69 Å².